The van der Waals surface area contributed by atoms with Gasteiger partial charge in [-0.05, 0) is 41.9 Å². The van der Waals surface area contributed by atoms with Crippen molar-refractivity contribution in [3.8, 4) is 0 Å². The van der Waals surface area contributed by atoms with Crippen molar-refractivity contribution >= 4 is 11.6 Å². The maximum Gasteiger partial charge on any atom is 0.0464 e. The molecule has 1 nitrogen and oxygen atoms in total. The zero-order chi connectivity index (χ0) is 14.8. The van der Waals surface area contributed by atoms with Gasteiger partial charge in [-0.2, -0.15) is 0 Å². The second-order valence-electron chi connectivity index (χ2n) is 7.13. The molecule has 0 aromatic heterocycles. The third-order valence-corrected chi connectivity index (χ3v) is 3.93. The Labute approximate surface area is 123 Å². The topological polar surface area (TPSA) is 12.0 Å². The quantitative estimate of drug-likeness (QED) is 0.791. The van der Waals surface area contributed by atoms with Crippen LogP contribution in [0.5, 0.6) is 0 Å². The third kappa shape index (κ3) is 4.81. The van der Waals surface area contributed by atoms with E-state index in [-0.39, 0.29) is 0 Å². The van der Waals surface area contributed by atoms with Crippen molar-refractivity contribution in [3.63, 3.8) is 0 Å². The maximum atomic E-state index is 6.26. The summed E-state index contributed by atoms with van der Waals surface area (Å²) in [5.74, 6) is 0.558. The Balaban J connectivity index is 3.00. The van der Waals surface area contributed by atoms with Crippen LogP contribution < -0.4 is 5.32 Å². The number of halogens is 1. The van der Waals surface area contributed by atoms with Crippen molar-refractivity contribution in [2.24, 2.45) is 11.3 Å². The van der Waals surface area contributed by atoms with Crippen molar-refractivity contribution in [2.75, 3.05) is 6.54 Å². The van der Waals surface area contributed by atoms with Crippen molar-refractivity contribution in [1.82, 2.24) is 5.32 Å². The van der Waals surface area contributed by atoms with Gasteiger partial charge in [0.1, 0.15) is 0 Å². The first-order chi connectivity index (χ1) is 8.61. The average Bonchev–Trinajstić information content (AvgIpc) is 2.23. The first kappa shape index (κ1) is 16.5. The summed E-state index contributed by atoms with van der Waals surface area (Å²) in [6.45, 7) is 16.5. The van der Waals surface area contributed by atoms with Crippen molar-refractivity contribution < 1.29 is 0 Å². The van der Waals surface area contributed by atoms with Crippen LogP contribution >= 0.6 is 11.6 Å². The van der Waals surface area contributed by atoms with E-state index in [9.17, 15) is 0 Å². The van der Waals surface area contributed by atoms with Gasteiger partial charge in [-0.25, -0.2) is 0 Å². The number of nitrogens with one attached hydrogen (secondary N) is 1. The molecule has 0 aliphatic carbocycles. The summed E-state index contributed by atoms with van der Waals surface area (Å²) in [6, 6.07) is 4.82. The Bertz CT molecular complexity index is 406. The summed E-state index contributed by atoms with van der Waals surface area (Å²) in [5, 5.41) is 4.60. The monoisotopic (exact) mass is 281 g/mol. The molecule has 0 radical (unpaired) electrons. The molecule has 19 heavy (non-hydrogen) atoms. The van der Waals surface area contributed by atoms with Gasteiger partial charge in [0, 0.05) is 17.6 Å². The number of benzene rings is 1. The Hall–Kier alpha value is -0.530. The Morgan fingerprint density at radius 3 is 1.95 bits per heavy atom. The molecule has 0 aliphatic heterocycles. The van der Waals surface area contributed by atoms with Crippen LogP contribution in [0.2, 0.25) is 5.02 Å². The van der Waals surface area contributed by atoms with Gasteiger partial charge in [-0.3, -0.25) is 0 Å². The lowest BCUT2D eigenvalue weighted by molar-refractivity contribution is 0.318. The lowest BCUT2D eigenvalue weighted by Gasteiger charge is -2.28. The minimum absolute atomic E-state index is 0.295. The molecule has 0 amide bonds. The van der Waals surface area contributed by atoms with E-state index in [4.69, 9.17) is 11.6 Å². The highest BCUT2D eigenvalue weighted by Crippen LogP contribution is 2.29. The van der Waals surface area contributed by atoms with Gasteiger partial charge in [0.05, 0.1) is 0 Å². The van der Waals surface area contributed by atoms with Crippen LogP contribution in [0.15, 0.2) is 12.1 Å². The smallest absolute Gasteiger partial charge is 0.0464 e. The van der Waals surface area contributed by atoms with Crippen LogP contribution in [0.1, 0.15) is 57.4 Å². The summed E-state index contributed by atoms with van der Waals surface area (Å²) >= 11 is 6.26. The molecule has 0 aliphatic rings. The van der Waals surface area contributed by atoms with Crippen LogP contribution in [0.3, 0.4) is 0 Å². The largest absolute Gasteiger partial charge is 0.309 e. The normalized spacial score (nSPS) is 13.9. The fraction of sp³-hybridized carbons (Fsp3) is 0.647. The van der Waals surface area contributed by atoms with Crippen molar-refractivity contribution in [1.29, 1.82) is 0 Å². The first-order valence-corrected chi connectivity index (χ1v) is 7.49. The summed E-state index contributed by atoms with van der Waals surface area (Å²) < 4.78 is 0. The number of rotatable bonds is 4. The zero-order valence-electron chi connectivity index (χ0n) is 13.4. The predicted octanol–water partition coefficient (Wildman–Crippen LogP) is 5.29. The zero-order valence-corrected chi connectivity index (χ0v) is 14.2. The molecule has 1 aromatic carbocycles. The van der Waals surface area contributed by atoms with Gasteiger partial charge in [0.15, 0.2) is 0 Å². The second-order valence-corrected chi connectivity index (χ2v) is 7.51. The second kappa shape index (κ2) is 6.28. The Morgan fingerprint density at radius 2 is 1.58 bits per heavy atom. The van der Waals surface area contributed by atoms with Crippen molar-refractivity contribution in [3.05, 3.63) is 33.8 Å². The summed E-state index contributed by atoms with van der Waals surface area (Å²) in [4.78, 5) is 0. The molecule has 1 rings (SSSR count). The third-order valence-electron chi connectivity index (χ3n) is 3.34. The van der Waals surface area contributed by atoms with Crippen molar-refractivity contribution in [2.45, 2.75) is 54.5 Å². The van der Waals surface area contributed by atoms with Crippen LogP contribution in [0.4, 0.5) is 0 Å². The highest BCUT2D eigenvalue weighted by Gasteiger charge is 2.20. The molecular formula is C17H28ClN. The molecule has 0 saturated carbocycles. The lowest BCUT2D eigenvalue weighted by Crippen LogP contribution is -2.33. The summed E-state index contributed by atoms with van der Waals surface area (Å²) in [5.41, 5.74) is 3.97. The number of hydrogen-bond acceptors (Lipinski definition) is 1. The Kier molecular flexibility index (Phi) is 5.46. The van der Waals surface area contributed by atoms with Gasteiger partial charge in [-0.15, -0.1) is 0 Å². The molecule has 1 unspecified atom stereocenters. The SMILES string of the molecule is Cc1cc(C(NCC(C)(C)C)C(C)C)cc(C)c1Cl. The van der Waals surface area contributed by atoms with E-state index in [0.29, 0.717) is 17.4 Å². The standard InChI is InChI=1S/C17H28ClN/c1-11(2)16(19-10-17(5,6)7)14-8-12(3)15(18)13(4)9-14/h8-9,11,16,19H,10H2,1-7H3. The highest BCUT2D eigenvalue weighted by molar-refractivity contribution is 6.32. The average molecular weight is 282 g/mol. The lowest BCUT2D eigenvalue weighted by atomic mass is 9.91. The molecule has 1 N–H and O–H groups in total. The predicted molar refractivity (Wildman–Crippen MR) is 86.0 cm³/mol. The molecule has 0 heterocycles. The molecule has 2 heteroatoms. The molecule has 108 valence electrons. The van der Waals surface area contributed by atoms with E-state index in [2.05, 4.69) is 65.9 Å². The van der Waals surface area contributed by atoms with Crippen LogP contribution in [-0.2, 0) is 0 Å². The van der Waals surface area contributed by atoms with E-state index in [1.165, 1.54) is 16.7 Å². The minimum Gasteiger partial charge on any atom is -0.309 e. The molecule has 0 spiro atoms. The molecule has 0 bridgehead atoms. The fourth-order valence-corrected chi connectivity index (χ4v) is 2.42. The number of aryl methyl sites for hydroxylation is 2. The van der Waals surface area contributed by atoms with Gasteiger partial charge in [0.25, 0.3) is 0 Å². The van der Waals surface area contributed by atoms with Gasteiger partial charge in [0.2, 0.25) is 0 Å². The fourth-order valence-electron chi connectivity index (χ4n) is 2.31. The molecular weight excluding hydrogens is 254 g/mol. The van der Waals surface area contributed by atoms with Crippen LogP contribution in [0.25, 0.3) is 0 Å². The minimum atomic E-state index is 0.295. The molecule has 0 fully saturated rings. The maximum absolute atomic E-state index is 6.26. The number of hydrogen-bond donors (Lipinski definition) is 1. The molecule has 0 saturated heterocycles. The van der Waals surface area contributed by atoms with Gasteiger partial charge < -0.3 is 5.32 Å². The van der Waals surface area contributed by atoms with E-state index in [0.717, 1.165) is 11.6 Å². The van der Waals surface area contributed by atoms with E-state index < -0.39 is 0 Å². The summed E-state index contributed by atoms with van der Waals surface area (Å²) in [6.07, 6.45) is 0. The van der Waals surface area contributed by atoms with Crippen LogP contribution in [-0.4, -0.2) is 6.54 Å². The molecule has 1 atom stereocenters. The Morgan fingerprint density at radius 1 is 1.11 bits per heavy atom. The van der Waals surface area contributed by atoms with Crippen LogP contribution in [0, 0.1) is 25.2 Å². The van der Waals surface area contributed by atoms with E-state index in [1.807, 2.05) is 0 Å². The first-order valence-electron chi connectivity index (χ1n) is 7.12. The van der Waals surface area contributed by atoms with E-state index in [1.54, 1.807) is 0 Å². The summed E-state index contributed by atoms with van der Waals surface area (Å²) in [7, 11) is 0. The van der Waals surface area contributed by atoms with Gasteiger partial charge >= 0.3 is 0 Å². The highest BCUT2D eigenvalue weighted by atomic mass is 35.5. The van der Waals surface area contributed by atoms with Gasteiger partial charge in [-0.1, -0.05) is 58.4 Å². The van der Waals surface area contributed by atoms with E-state index >= 15 is 0 Å². The molecule has 1 aromatic rings.